The van der Waals surface area contributed by atoms with Gasteiger partial charge in [0.1, 0.15) is 12.1 Å². The van der Waals surface area contributed by atoms with Gasteiger partial charge in [-0.2, -0.15) is 5.21 Å². The van der Waals surface area contributed by atoms with Crippen LogP contribution in [0.25, 0.3) is 33.7 Å². The molecule has 5 rings (SSSR count). The fourth-order valence-corrected chi connectivity index (χ4v) is 4.97. The van der Waals surface area contributed by atoms with Crippen LogP contribution < -0.4 is 11.2 Å². The quantitative estimate of drug-likeness (QED) is 0.314. The van der Waals surface area contributed by atoms with Crippen LogP contribution in [0.3, 0.4) is 0 Å². The molecule has 5 aromatic rings. The maximum absolute atomic E-state index is 13.7. The van der Waals surface area contributed by atoms with Crippen LogP contribution in [0.2, 0.25) is 0 Å². The molecule has 40 heavy (non-hydrogen) atoms. The van der Waals surface area contributed by atoms with E-state index < -0.39 is 11.9 Å². The molecule has 208 valence electrons. The summed E-state index contributed by atoms with van der Waals surface area (Å²) in [6.07, 6.45) is 0.0386. The number of ether oxygens (including phenoxy) is 1. The number of methoxy groups -OCH3 is 1. The molecule has 0 aliphatic carbocycles. The van der Waals surface area contributed by atoms with Gasteiger partial charge in [-0.25, -0.2) is 14.3 Å². The van der Waals surface area contributed by atoms with Crippen molar-refractivity contribution >= 4 is 11.2 Å². The highest BCUT2D eigenvalue weighted by atomic mass is 16.5. The SMILES string of the molecule is CCn1c(=O)c2c(nc(CC(C)(C)C)n2Cc2ccc(-c3ccccc3-c3nn[nH]n3)cc2)n(C(C)OC)c1=O. The number of tetrazole rings is 1. The second-order valence-electron chi connectivity index (χ2n) is 11.0. The maximum Gasteiger partial charge on any atom is 0.334 e. The Bertz CT molecular complexity index is 1760. The van der Waals surface area contributed by atoms with Crippen LogP contribution in [0.15, 0.2) is 58.1 Å². The molecular formula is C29H34N8O3. The Kier molecular flexibility index (Phi) is 7.24. The van der Waals surface area contributed by atoms with Gasteiger partial charge in [0.15, 0.2) is 11.2 Å². The number of imidazole rings is 1. The fourth-order valence-electron chi connectivity index (χ4n) is 4.97. The molecule has 1 unspecified atom stereocenters. The molecule has 1 atom stereocenters. The zero-order valence-electron chi connectivity index (χ0n) is 23.7. The van der Waals surface area contributed by atoms with E-state index in [-0.39, 0.29) is 17.5 Å². The average Bonchev–Trinajstić information content (AvgIpc) is 3.57. The molecule has 0 aliphatic heterocycles. The van der Waals surface area contributed by atoms with Crippen LogP contribution in [-0.4, -0.2) is 46.4 Å². The third-order valence-corrected chi connectivity index (χ3v) is 6.97. The monoisotopic (exact) mass is 542 g/mol. The number of hydrogen-bond acceptors (Lipinski definition) is 7. The van der Waals surface area contributed by atoms with Crippen LogP contribution in [0, 0.1) is 5.41 Å². The van der Waals surface area contributed by atoms with Crippen molar-refractivity contribution in [1.29, 1.82) is 0 Å². The van der Waals surface area contributed by atoms with E-state index in [0.717, 1.165) is 28.1 Å². The fraction of sp³-hybridized carbons (Fsp3) is 0.379. The lowest BCUT2D eigenvalue weighted by Crippen LogP contribution is -2.41. The number of aromatic amines is 1. The summed E-state index contributed by atoms with van der Waals surface area (Å²) in [5.41, 5.74) is 3.74. The molecule has 0 fully saturated rings. The summed E-state index contributed by atoms with van der Waals surface area (Å²) in [6, 6.07) is 16.1. The van der Waals surface area contributed by atoms with Crippen LogP contribution >= 0.6 is 0 Å². The Balaban J connectivity index is 1.63. The van der Waals surface area contributed by atoms with Crippen LogP contribution in [0.4, 0.5) is 0 Å². The Morgan fingerprint density at radius 3 is 2.30 bits per heavy atom. The van der Waals surface area contributed by atoms with Gasteiger partial charge in [-0.1, -0.05) is 69.3 Å². The molecule has 0 amide bonds. The van der Waals surface area contributed by atoms with E-state index >= 15 is 0 Å². The van der Waals surface area contributed by atoms with E-state index in [4.69, 9.17) is 9.72 Å². The summed E-state index contributed by atoms with van der Waals surface area (Å²) in [4.78, 5) is 31.8. The zero-order valence-corrected chi connectivity index (χ0v) is 23.7. The van der Waals surface area contributed by atoms with Crippen molar-refractivity contribution < 1.29 is 4.74 Å². The first-order valence-electron chi connectivity index (χ1n) is 13.3. The standard InChI is InChI=1S/C29H34N8O3/c1-7-35-27(38)24-26(37(28(35)39)18(2)40-6)30-23(16-29(3,4)5)36(24)17-19-12-14-20(15-13-19)21-10-8-9-11-22(21)25-31-33-34-32-25/h8-15,18H,7,16-17H2,1-6H3,(H,31,32,33,34). The van der Waals surface area contributed by atoms with Gasteiger partial charge in [0.2, 0.25) is 5.82 Å². The molecule has 0 saturated carbocycles. The molecule has 3 aromatic heterocycles. The molecule has 11 heteroatoms. The largest absolute Gasteiger partial charge is 0.361 e. The molecule has 0 radical (unpaired) electrons. The number of rotatable bonds is 8. The van der Waals surface area contributed by atoms with E-state index in [9.17, 15) is 9.59 Å². The molecule has 0 spiro atoms. The molecule has 1 N–H and O–H groups in total. The minimum absolute atomic E-state index is 0.0936. The number of hydrogen-bond donors (Lipinski definition) is 1. The van der Waals surface area contributed by atoms with Gasteiger partial charge in [-0.15, -0.1) is 10.2 Å². The van der Waals surface area contributed by atoms with Gasteiger partial charge < -0.3 is 9.30 Å². The normalized spacial score (nSPS) is 12.8. The third kappa shape index (κ3) is 5.00. The highest BCUT2D eigenvalue weighted by molar-refractivity contribution is 5.80. The molecule has 0 aliphatic rings. The van der Waals surface area contributed by atoms with Gasteiger partial charge in [0.25, 0.3) is 5.56 Å². The Labute approximate surface area is 231 Å². The summed E-state index contributed by atoms with van der Waals surface area (Å²) in [5.74, 6) is 1.27. The van der Waals surface area contributed by atoms with Crippen molar-refractivity contribution in [3.63, 3.8) is 0 Å². The number of nitrogens with one attached hydrogen (secondary N) is 1. The van der Waals surface area contributed by atoms with Crippen molar-refractivity contribution in [3.8, 4) is 22.5 Å². The smallest absolute Gasteiger partial charge is 0.334 e. The Morgan fingerprint density at radius 1 is 1.00 bits per heavy atom. The predicted octanol–water partition coefficient (Wildman–Crippen LogP) is 4.03. The number of benzene rings is 2. The van der Waals surface area contributed by atoms with E-state index in [1.807, 2.05) is 53.1 Å². The maximum atomic E-state index is 13.7. The number of nitrogens with zero attached hydrogens (tertiary/aromatic N) is 7. The summed E-state index contributed by atoms with van der Waals surface area (Å²) in [6.45, 7) is 10.6. The summed E-state index contributed by atoms with van der Waals surface area (Å²) in [5, 5.41) is 14.5. The first kappa shape index (κ1) is 27.2. The van der Waals surface area contributed by atoms with Crippen molar-refractivity contribution in [2.75, 3.05) is 7.11 Å². The molecular weight excluding hydrogens is 508 g/mol. The van der Waals surface area contributed by atoms with E-state index in [1.54, 1.807) is 13.8 Å². The first-order valence-corrected chi connectivity index (χ1v) is 13.3. The Hall–Kier alpha value is -4.38. The second kappa shape index (κ2) is 10.6. The number of H-pyrrole nitrogens is 1. The second-order valence-corrected chi connectivity index (χ2v) is 11.0. The molecule has 0 bridgehead atoms. The van der Waals surface area contributed by atoms with Gasteiger partial charge in [-0.05, 0) is 41.2 Å². The summed E-state index contributed by atoms with van der Waals surface area (Å²) >= 11 is 0. The third-order valence-electron chi connectivity index (χ3n) is 6.97. The van der Waals surface area contributed by atoms with Crippen LogP contribution in [0.5, 0.6) is 0 Å². The van der Waals surface area contributed by atoms with Gasteiger partial charge in [0, 0.05) is 32.2 Å². The minimum atomic E-state index is -0.585. The van der Waals surface area contributed by atoms with E-state index in [0.29, 0.717) is 30.0 Å². The highest BCUT2D eigenvalue weighted by Gasteiger charge is 2.26. The van der Waals surface area contributed by atoms with E-state index in [1.165, 1.54) is 16.2 Å². The number of fused-ring (bicyclic) bond motifs is 1. The lowest BCUT2D eigenvalue weighted by Gasteiger charge is -2.19. The lowest BCUT2D eigenvalue weighted by atomic mass is 9.92. The van der Waals surface area contributed by atoms with Crippen molar-refractivity contribution in [3.05, 3.63) is 80.8 Å². The van der Waals surface area contributed by atoms with Gasteiger partial charge in [-0.3, -0.25) is 9.36 Å². The lowest BCUT2D eigenvalue weighted by molar-refractivity contribution is 0.0586. The minimum Gasteiger partial charge on any atom is -0.361 e. The van der Waals surface area contributed by atoms with Crippen LogP contribution in [0.1, 0.15) is 52.2 Å². The van der Waals surface area contributed by atoms with Crippen LogP contribution in [-0.2, 0) is 24.2 Å². The van der Waals surface area contributed by atoms with Crippen molar-refractivity contribution in [2.24, 2.45) is 5.41 Å². The summed E-state index contributed by atoms with van der Waals surface area (Å²) < 4.78 is 10.2. The average molecular weight is 543 g/mol. The molecule has 2 aromatic carbocycles. The highest BCUT2D eigenvalue weighted by Crippen LogP contribution is 2.30. The predicted molar refractivity (Wildman–Crippen MR) is 153 cm³/mol. The van der Waals surface area contributed by atoms with E-state index in [2.05, 4.69) is 41.4 Å². The molecule has 3 heterocycles. The van der Waals surface area contributed by atoms with Crippen molar-refractivity contribution in [2.45, 2.75) is 60.4 Å². The molecule has 0 saturated heterocycles. The topological polar surface area (TPSA) is 126 Å². The molecule has 11 nitrogen and oxygen atoms in total. The van der Waals surface area contributed by atoms with Gasteiger partial charge in [0.05, 0.1) is 0 Å². The number of aromatic nitrogens is 8. The van der Waals surface area contributed by atoms with Gasteiger partial charge >= 0.3 is 5.69 Å². The first-order chi connectivity index (χ1) is 19.1. The zero-order chi connectivity index (χ0) is 28.6. The van der Waals surface area contributed by atoms with Crippen molar-refractivity contribution in [1.82, 2.24) is 39.3 Å². The summed E-state index contributed by atoms with van der Waals surface area (Å²) in [7, 11) is 1.54. The Morgan fingerprint density at radius 2 is 1.70 bits per heavy atom.